The van der Waals surface area contributed by atoms with Crippen molar-refractivity contribution in [2.45, 2.75) is 19.1 Å². The Balaban J connectivity index is 1.76. The van der Waals surface area contributed by atoms with Crippen molar-refractivity contribution in [3.05, 3.63) is 88.8 Å². The average molecular weight is 472 g/mol. The number of aryl methyl sites for hydroxylation is 1. The maximum atomic E-state index is 12.9. The van der Waals surface area contributed by atoms with Gasteiger partial charge < -0.3 is 11.5 Å². The minimum atomic E-state index is -4.40. The Morgan fingerprint density at radius 1 is 1.00 bits per heavy atom. The molecule has 4 rings (SSSR count). The van der Waals surface area contributed by atoms with E-state index >= 15 is 0 Å². The summed E-state index contributed by atoms with van der Waals surface area (Å²) in [5.41, 5.74) is 16.1. The summed E-state index contributed by atoms with van der Waals surface area (Å²) in [7, 11) is 0. The van der Waals surface area contributed by atoms with Gasteiger partial charge in [-0.15, -0.1) is 0 Å². The van der Waals surface area contributed by atoms with Crippen LogP contribution in [0.1, 0.15) is 22.9 Å². The normalized spacial score (nSPS) is 12.7. The molecule has 0 saturated carbocycles. The Labute approximate surface area is 193 Å². The van der Waals surface area contributed by atoms with E-state index in [9.17, 15) is 13.2 Å². The molecule has 9 heteroatoms. The second-order valence-electron chi connectivity index (χ2n) is 7.61. The number of pyridine rings is 1. The van der Waals surface area contributed by atoms with Crippen molar-refractivity contribution in [2.24, 2.45) is 5.73 Å². The lowest BCUT2D eigenvalue weighted by molar-refractivity contribution is -0.137. The van der Waals surface area contributed by atoms with E-state index in [0.29, 0.717) is 16.4 Å². The predicted molar refractivity (Wildman–Crippen MR) is 124 cm³/mol. The molecule has 0 saturated heterocycles. The van der Waals surface area contributed by atoms with Crippen LogP contribution in [0, 0.1) is 6.92 Å². The van der Waals surface area contributed by atoms with Gasteiger partial charge in [-0.2, -0.15) is 18.3 Å². The van der Waals surface area contributed by atoms with Crippen LogP contribution in [0.3, 0.4) is 0 Å². The van der Waals surface area contributed by atoms with E-state index in [0.717, 1.165) is 40.1 Å². The number of nitrogens with two attached hydrogens (primary N) is 2. The highest BCUT2D eigenvalue weighted by Gasteiger charge is 2.30. The lowest BCUT2D eigenvalue weighted by Gasteiger charge is -2.17. The van der Waals surface area contributed by atoms with E-state index in [-0.39, 0.29) is 6.54 Å². The van der Waals surface area contributed by atoms with Crippen molar-refractivity contribution in [1.82, 2.24) is 14.8 Å². The van der Waals surface area contributed by atoms with Gasteiger partial charge in [0.1, 0.15) is 5.82 Å². The van der Waals surface area contributed by atoms with Crippen LogP contribution < -0.4 is 11.5 Å². The number of halogens is 4. The zero-order chi connectivity index (χ0) is 23.8. The molecule has 0 aliphatic carbocycles. The summed E-state index contributed by atoms with van der Waals surface area (Å²) < 4.78 is 40.5. The maximum Gasteiger partial charge on any atom is 0.416 e. The first-order valence-electron chi connectivity index (χ1n) is 10.1. The quantitative estimate of drug-likeness (QED) is 0.390. The van der Waals surface area contributed by atoms with Gasteiger partial charge in [0.25, 0.3) is 0 Å². The molecule has 1 atom stereocenters. The number of alkyl halides is 3. The van der Waals surface area contributed by atoms with Crippen molar-refractivity contribution in [2.75, 3.05) is 12.3 Å². The maximum absolute atomic E-state index is 12.9. The van der Waals surface area contributed by atoms with Gasteiger partial charge >= 0.3 is 6.18 Å². The molecule has 2 aromatic carbocycles. The summed E-state index contributed by atoms with van der Waals surface area (Å²) in [4.78, 5) is 4.23. The molecular weight excluding hydrogens is 451 g/mol. The number of nitrogen functional groups attached to an aromatic ring is 1. The minimum Gasteiger partial charge on any atom is -0.383 e. The third kappa shape index (κ3) is 4.58. The van der Waals surface area contributed by atoms with Gasteiger partial charge in [-0.05, 0) is 53.9 Å². The number of benzene rings is 2. The zero-order valence-corrected chi connectivity index (χ0v) is 18.4. The van der Waals surface area contributed by atoms with E-state index in [4.69, 9.17) is 23.1 Å². The highest BCUT2D eigenvalue weighted by molar-refractivity contribution is 6.30. The van der Waals surface area contributed by atoms with Gasteiger partial charge in [-0.25, -0.2) is 4.98 Å². The summed E-state index contributed by atoms with van der Waals surface area (Å²) in [6.45, 7) is 2.02. The molecular formula is C24H21ClF3N5. The Kier molecular flexibility index (Phi) is 6.14. The van der Waals surface area contributed by atoms with Crippen LogP contribution >= 0.6 is 11.6 Å². The number of anilines is 1. The standard InChI is InChI=1S/C24H21ClF3N5/c1-14-20(19-10-11-31-23(30)22(19)16-4-8-18(25)9-5-16)13-33(32-14)21(12-29)15-2-6-17(7-3-15)24(26,27)28/h2-11,13,21H,12,29H2,1H3,(H2,30,31). The lowest BCUT2D eigenvalue weighted by atomic mass is 9.96. The lowest BCUT2D eigenvalue weighted by Crippen LogP contribution is -2.21. The number of aromatic nitrogens is 3. The minimum absolute atomic E-state index is 0.161. The second kappa shape index (κ2) is 8.88. The van der Waals surface area contributed by atoms with Gasteiger partial charge in [0, 0.05) is 35.1 Å². The number of rotatable bonds is 5. The second-order valence-corrected chi connectivity index (χ2v) is 8.04. The SMILES string of the molecule is Cc1nn(C(CN)c2ccc(C(F)(F)F)cc2)cc1-c1ccnc(N)c1-c1ccc(Cl)cc1. The van der Waals surface area contributed by atoms with E-state index in [2.05, 4.69) is 10.1 Å². The fourth-order valence-electron chi connectivity index (χ4n) is 3.82. The predicted octanol–water partition coefficient (Wildman–Crippen LogP) is 5.72. The Hall–Kier alpha value is -3.36. The van der Waals surface area contributed by atoms with Crippen molar-refractivity contribution in [1.29, 1.82) is 0 Å². The number of nitrogens with zero attached hydrogens (tertiary/aromatic N) is 3. The highest BCUT2D eigenvalue weighted by Crippen LogP contribution is 2.38. The monoisotopic (exact) mass is 471 g/mol. The van der Waals surface area contributed by atoms with Gasteiger partial charge in [0.2, 0.25) is 0 Å². The molecule has 2 aromatic heterocycles. The van der Waals surface area contributed by atoms with Crippen molar-refractivity contribution < 1.29 is 13.2 Å². The van der Waals surface area contributed by atoms with Gasteiger partial charge in [-0.1, -0.05) is 35.9 Å². The third-order valence-corrected chi connectivity index (χ3v) is 5.74. The molecule has 0 radical (unpaired) electrons. The molecule has 0 spiro atoms. The number of hydrogen-bond acceptors (Lipinski definition) is 4. The van der Waals surface area contributed by atoms with E-state index < -0.39 is 17.8 Å². The molecule has 2 heterocycles. The van der Waals surface area contributed by atoms with E-state index in [1.165, 1.54) is 12.1 Å². The largest absolute Gasteiger partial charge is 0.416 e. The summed E-state index contributed by atoms with van der Waals surface area (Å²) in [6.07, 6.45) is -0.943. The van der Waals surface area contributed by atoms with Crippen LogP contribution in [-0.2, 0) is 6.18 Å². The van der Waals surface area contributed by atoms with E-state index in [1.807, 2.05) is 31.3 Å². The number of hydrogen-bond donors (Lipinski definition) is 2. The topological polar surface area (TPSA) is 82.8 Å². The summed E-state index contributed by atoms with van der Waals surface area (Å²) in [6, 6.07) is 13.7. The smallest absolute Gasteiger partial charge is 0.383 e. The van der Waals surface area contributed by atoms with Crippen LogP contribution in [0.25, 0.3) is 22.3 Å². The molecule has 33 heavy (non-hydrogen) atoms. The first-order valence-corrected chi connectivity index (χ1v) is 10.5. The van der Waals surface area contributed by atoms with Gasteiger partial charge in [-0.3, -0.25) is 4.68 Å². The van der Waals surface area contributed by atoms with Crippen molar-refractivity contribution >= 4 is 17.4 Å². The molecule has 4 aromatic rings. The Morgan fingerprint density at radius 3 is 2.27 bits per heavy atom. The Bertz CT molecular complexity index is 1270. The van der Waals surface area contributed by atoms with Crippen LogP contribution in [0.5, 0.6) is 0 Å². The van der Waals surface area contributed by atoms with E-state index in [1.54, 1.807) is 23.0 Å². The molecule has 1 unspecified atom stereocenters. The molecule has 0 aliphatic heterocycles. The van der Waals surface area contributed by atoms with Gasteiger partial charge in [0.05, 0.1) is 17.3 Å². The van der Waals surface area contributed by atoms with Crippen molar-refractivity contribution in [3.8, 4) is 22.3 Å². The molecule has 5 nitrogen and oxygen atoms in total. The summed E-state index contributed by atoms with van der Waals surface area (Å²) in [5.74, 6) is 0.361. The summed E-state index contributed by atoms with van der Waals surface area (Å²) >= 11 is 6.03. The van der Waals surface area contributed by atoms with Crippen LogP contribution in [0.2, 0.25) is 5.02 Å². The van der Waals surface area contributed by atoms with Gasteiger partial charge in [0.15, 0.2) is 0 Å². The molecule has 4 N–H and O–H groups in total. The first-order chi connectivity index (χ1) is 15.7. The van der Waals surface area contributed by atoms with Crippen molar-refractivity contribution in [3.63, 3.8) is 0 Å². The highest BCUT2D eigenvalue weighted by atomic mass is 35.5. The molecule has 0 bridgehead atoms. The first kappa shape index (κ1) is 22.8. The van der Waals surface area contributed by atoms with Crippen LogP contribution in [0.15, 0.2) is 67.0 Å². The zero-order valence-electron chi connectivity index (χ0n) is 17.6. The third-order valence-electron chi connectivity index (χ3n) is 5.49. The molecule has 0 amide bonds. The Morgan fingerprint density at radius 2 is 1.67 bits per heavy atom. The summed E-state index contributed by atoms with van der Waals surface area (Å²) in [5, 5.41) is 5.22. The fourth-order valence-corrected chi connectivity index (χ4v) is 3.95. The van der Waals surface area contributed by atoms with Crippen LogP contribution in [-0.4, -0.2) is 21.3 Å². The fraction of sp³-hybridized carbons (Fsp3) is 0.167. The van der Waals surface area contributed by atoms with Crippen LogP contribution in [0.4, 0.5) is 19.0 Å². The molecule has 0 fully saturated rings. The molecule has 0 aliphatic rings. The average Bonchev–Trinajstić information content (AvgIpc) is 3.15. The molecule has 170 valence electrons.